The average Bonchev–Trinajstić information content (AvgIpc) is 4.16. The van der Waals surface area contributed by atoms with E-state index in [1.165, 1.54) is 23.2 Å². The molecule has 17 nitrogen and oxygen atoms in total. The fourth-order valence-electron chi connectivity index (χ4n) is 11.5. The SMILES string of the molecule is Cn1cnnc1CC1(c2cccc(-n3cc4c(C(F)(F)F)cc(-c5nccn5CCOCCN5CCC(CN6CCN(c7ccc8c(c7)CC([C@@H]7CCC(=O)NC7=O)C8=O)CC6)CC5)cn4c3=O)c2)COC1. The summed E-state index contributed by atoms with van der Waals surface area (Å²) in [4.78, 5) is 63.3. The van der Waals surface area contributed by atoms with Crippen LogP contribution in [-0.2, 0) is 57.1 Å². The average molecular weight is 990 g/mol. The molecule has 0 saturated carbocycles. The van der Waals surface area contributed by atoms with Gasteiger partial charge < -0.3 is 28.4 Å². The highest BCUT2D eigenvalue weighted by Gasteiger charge is 2.44. The third-order valence-electron chi connectivity index (χ3n) is 15.7. The quantitative estimate of drug-likeness (QED) is 0.113. The number of ether oxygens (including phenoxy) is 2. The zero-order chi connectivity index (χ0) is 49.7. The number of imidazole rings is 2. The molecule has 2 amide bonds. The molecule has 2 atom stereocenters. The number of carbonyl (C=O) groups excluding carboxylic acids is 3. The van der Waals surface area contributed by atoms with Gasteiger partial charge in [-0.3, -0.25) is 33.6 Å². The molecule has 4 aliphatic heterocycles. The summed E-state index contributed by atoms with van der Waals surface area (Å²) < 4.78 is 61.9. The van der Waals surface area contributed by atoms with Gasteiger partial charge in [0.25, 0.3) is 0 Å². The van der Waals surface area contributed by atoms with Gasteiger partial charge in [-0.1, -0.05) is 12.1 Å². The number of likely N-dealkylation sites (tertiary alicyclic amines) is 1. The van der Waals surface area contributed by atoms with E-state index in [-0.39, 0.29) is 35.1 Å². The summed E-state index contributed by atoms with van der Waals surface area (Å²) in [5.41, 5.74) is 2.03. The number of piperidine rings is 2. The third-order valence-corrected chi connectivity index (χ3v) is 15.7. The Bertz CT molecular complexity index is 3070. The molecule has 11 rings (SSSR count). The number of imide groups is 1. The first-order valence-electron chi connectivity index (χ1n) is 25.0. The lowest BCUT2D eigenvalue weighted by Gasteiger charge is -2.41. The van der Waals surface area contributed by atoms with Crippen LogP contribution >= 0.6 is 0 Å². The minimum absolute atomic E-state index is 0.00789. The second-order valence-electron chi connectivity index (χ2n) is 20.2. The van der Waals surface area contributed by atoms with Crippen molar-refractivity contribution >= 4 is 28.8 Å². The highest BCUT2D eigenvalue weighted by atomic mass is 19.4. The standard InChI is InChI=1S/C52H58F3N11O6/c1-60-33-57-59-45(60)27-51(31-72-32-51)37-3-2-4-39(26-37)65-30-44-43(52(53,54)55)25-36(29-66(44)50(65)70)48-56-11-14-64(48)20-22-71-21-19-61-12-9-34(10-13-61)28-62-15-17-63(18-16-62)38-5-6-40-35(23-38)24-42(47(40)68)41-7-8-46(67)58-49(41)69/h2-6,11,14,23,25-26,29-30,33-34,41-42H,7-10,12-13,15-22,24,27-28,31-32H2,1H3,(H,58,67,69)/t41-,42?/m0/s1. The number of carbonyl (C=O) groups is 3. The van der Waals surface area contributed by atoms with Gasteiger partial charge >= 0.3 is 11.9 Å². The van der Waals surface area contributed by atoms with Crippen LogP contribution in [0.25, 0.3) is 22.6 Å². The first-order chi connectivity index (χ1) is 34.8. The number of hydrogen-bond acceptors (Lipinski definition) is 12. The largest absolute Gasteiger partial charge is 0.418 e. The summed E-state index contributed by atoms with van der Waals surface area (Å²) in [5, 5.41) is 10.6. The summed E-state index contributed by atoms with van der Waals surface area (Å²) in [6.45, 7) is 9.64. The van der Waals surface area contributed by atoms with E-state index in [4.69, 9.17) is 9.47 Å². The Morgan fingerprint density at radius 3 is 2.42 bits per heavy atom. The van der Waals surface area contributed by atoms with E-state index in [1.807, 2.05) is 35.9 Å². The molecular weight excluding hydrogens is 932 g/mol. The lowest BCUT2D eigenvalue weighted by molar-refractivity contribution is -0.138. The van der Waals surface area contributed by atoms with Gasteiger partial charge in [0.1, 0.15) is 18.0 Å². The van der Waals surface area contributed by atoms with Crippen LogP contribution in [0.4, 0.5) is 18.9 Å². The van der Waals surface area contributed by atoms with Crippen molar-refractivity contribution in [2.75, 3.05) is 83.7 Å². The zero-order valence-corrected chi connectivity index (χ0v) is 40.2. The topological polar surface area (TPSA) is 166 Å². The van der Waals surface area contributed by atoms with Crippen LogP contribution in [0.5, 0.6) is 0 Å². The van der Waals surface area contributed by atoms with Crippen LogP contribution < -0.4 is 15.9 Å². The molecule has 1 unspecified atom stereocenters. The maximum absolute atomic E-state index is 14.8. The number of pyridine rings is 1. The molecule has 1 N–H and O–H groups in total. The summed E-state index contributed by atoms with van der Waals surface area (Å²) in [6, 6.07) is 14.4. The van der Waals surface area contributed by atoms with Crippen molar-refractivity contribution in [1.82, 2.24) is 48.4 Å². The number of aryl methyl sites for hydroxylation is 1. The normalized spacial score (nSPS) is 21.1. The van der Waals surface area contributed by atoms with Crippen molar-refractivity contribution < 1.29 is 37.0 Å². The highest BCUT2D eigenvalue weighted by molar-refractivity contribution is 6.07. The molecule has 72 heavy (non-hydrogen) atoms. The number of nitrogens with one attached hydrogen (secondary N) is 1. The second-order valence-corrected chi connectivity index (χ2v) is 20.2. The van der Waals surface area contributed by atoms with E-state index in [2.05, 4.69) is 41.3 Å². The van der Waals surface area contributed by atoms with Gasteiger partial charge in [0, 0.05) is 125 Å². The lowest BCUT2D eigenvalue weighted by atomic mass is 9.75. The molecule has 4 fully saturated rings. The van der Waals surface area contributed by atoms with Crippen molar-refractivity contribution in [1.29, 1.82) is 0 Å². The van der Waals surface area contributed by atoms with Crippen molar-refractivity contribution in [2.24, 2.45) is 24.8 Å². The number of amides is 2. The van der Waals surface area contributed by atoms with Crippen molar-refractivity contribution in [3.8, 4) is 17.1 Å². The number of Topliss-reactive ketones (excluding diaryl/α,β-unsaturated/α-hetero) is 1. The lowest BCUT2D eigenvalue weighted by Crippen LogP contribution is -2.49. The zero-order valence-electron chi connectivity index (χ0n) is 40.2. The van der Waals surface area contributed by atoms with E-state index in [1.54, 1.807) is 29.2 Å². The van der Waals surface area contributed by atoms with Crippen molar-refractivity contribution in [3.05, 3.63) is 118 Å². The van der Waals surface area contributed by atoms with Crippen molar-refractivity contribution in [3.63, 3.8) is 0 Å². The summed E-state index contributed by atoms with van der Waals surface area (Å²) in [6.07, 6.45) is 6.79. The van der Waals surface area contributed by atoms with Gasteiger partial charge in [-0.05, 0) is 92.2 Å². The molecular formula is C52H58F3N11O6. The Morgan fingerprint density at radius 2 is 1.68 bits per heavy atom. The van der Waals surface area contributed by atoms with Crippen LogP contribution in [0.1, 0.15) is 58.6 Å². The molecule has 4 saturated heterocycles. The fourth-order valence-corrected chi connectivity index (χ4v) is 11.5. The van der Waals surface area contributed by atoms with E-state index in [0.29, 0.717) is 75.2 Å². The van der Waals surface area contributed by atoms with Crippen molar-refractivity contribution in [2.45, 2.75) is 56.7 Å². The predicted molar refractivity (Wildman–Crippen MR) is 259 cm³/mol. The Kier molecular flexibility index (Phi) is 13.0. The molecule has 4 aromatic heterocycles. The third kappa shape index (κ3) is 9.40. The molecule has 1 aliphatic carbocycles. The number of benzene rings is 2. The fraction of sp³-hybridized carbons (Fsp3) is 0.481. The predicted octanol–water partition coefficient (Wildman–Crippen LogP) is 4.57. The number of alkyl halides is 3. The van der Waals surface area contributed by atoms with E-state index < -0.39 is 34.7 Å². The number of rotatable bonds is 15. The minimum Gasteiger partial charge on any atom is -0.379 e. The van der Waals surface area contributed by atoms with Crippen LogP contribution in [0.15, 0.2) is 84.4 Å². The maximum Gasteiger partial charge on any atom is 0.418 e. The van der Waals surface area contributed by atoms with Gasteiger partial charge in [0.15, 0.2) is 5.78 Å². The van der Waals surface area contributed by atoms with Crippen LogP contribution in [0, 0.1) is 17.8 Å². The monoisotopic (exact) mass is 989 g/mol. The summed E-state index contributed by atoms with van der Waals surface area (Å²) >= 11 is 0. The first kappa shape index (κ1) is 47.8. The Morgan fingerprint density at radius 1 is 0.875 bits per heavy atom. The van der Waals surface area contributed by atoms with Gasteiger partial charge in [-0.2, -0.15) is 13.2 Å². The second kappa shape index (κ2) is 19.5. The summed E-state index contributed by atoms with van der Waals surface area (Å²) in [5.74, 6) is 0.235. The Balaban J connectivity index is 0.651. The van der Waals surface area contributed by atoms with Crippen LogP contribution in [0.2, 0.25) is 0 Å². The van der Waals surface area contributed by atoms with Gasteiger partial charge in [-0.15, -0.1) is 10.2 Å². The number of piperazine rings is 1. The number of fused-ring (bicyclic) bond motifs is 2. The molecule has 8 heterocycles. The number of aromatic nitrogens is 7. The van der Waals surface area contributed by atoms with Crippen LogP contribution in [0.3, 0.4) is 0 Å². The Labute approximate surface area is 413 Å². The highest BCUT2D eigenvalue weighted by Crippen LogP contribution is 2.39. The molecule has 2 aromatic carbocycles. The van der Waals surface area contributed by atoms with E-state index in [0.717, 1.165) is 98.3 Å². The van der Waals surface area contributed by atoms with Gasteiger partial charge in [0.2, 0.25) is 11.8 Å². The number of nitrogens with zero attached hydrogens (tertiary/aromatic N) is 10. The number of hydrogen-bond donors (Lipinski definition) is 1. The number of ketones is 1. The molecule has 0 spiro atoms. The Hall–Kier alpha value is -6.48. The molecule has 0 bridgehead atoms. The molecule has 378 valence electrons. The first-order valence-corrected chi connectivity index (χ1v) is 25.0. The van der Waals surface area contributed by atoms with Gasteiger partial charge in [-0.25, -0.2) is 9.78 Å². The molecule has 0 radical (unpaired) electrons. The van der Waals surface area contributed by atoms with Crippen LogP contribution in [-0.4, -0.2) is 139 Å². The number of anilines is 1. The molecule has 20 heteroatoms. The smallest absolute Gasteiger partial charge is 0.379 e. The van der Waals surface area contributed by atoms with E-state index >= 15 is 0 Å². The van der Waals surface area contributed by atoms with E-state index in [9.17, 15) is 32.3 Å². The molecule has 5 aliphatic rings. The minimum atomic E-state index is -4.75. The maximum atomic E-state index is 14.8. The summed E-state index contributed by atoms with van der Waals surface area (Å²) in [7, 11) is 1.87. The number of halogens is 3. The van der Waals surface area contributed by atoms with Gasteiger partial charge in [0.05, 0.1) is 43.2 Å². The molecule has 6 aromatic rings.